The number of ether oxygens (including phenoxy) is 2. The predicted octanol–water partition coefficient (Wildman–Crippen LogP) is 2.01. The van der Waals surface area contributed by atoms with Crippen LogP contribution in [0.2, 0.25) is 0 Å². The molecule has 1 saturated heterocycles. The van der Waals surface area contributed by atoms with Crippen molar-refractivity contribution >= 4 is 24.1 Å². The molecule has 2 aliphatic rings. The summed E-state index contributed by atoms with van der Waals surface area (Å²) < 4.78 is 16.7. The van der Waals surface area contributed by atoms with Gasteiger partial charge in [-0.1, -0.05) is 17.3 Å². The van der Waals surface area contributed by atoms with Crippen LogP contribution < -0.4 is 14.8 Å². The second-order valence-corrected chi connectivity index (χ2v) is 6.00. The van der Waals surface area contributed by atoms with Gasteiger partial charge in [-0.15, -0.1) is 12.4 Å². The Kier molecular flexibility index (Phi) is 5.27. The fraction of sp³-hybridized carbons (Fsp3) is 0.412. The maximum Gasteiger partial charge on any atom is 0.257 e. The molecule has 0 spiro atoms. The number of hydrogen-bond acceptors (Lipinski definition) is 7. The summed E-state index contributed by atoms with van der Waals surface area (Å²) in [6.45, 7) is 3.15. The fourth-order valence-electron chi connectivity index (χ4n) is 3.06. The summed E-state index contributed by atoms with van der Waals surface area (Å²) in [6, 6.07) is 5.93. The highest BCUT2D eigenvalue weighted by atomic mass is 35.5. The highest BCUT2D eigenvalue weighted by Gasteiger charge is 2.27. The largest absolute Gasteiger partial charge is 0.493 e. The molecule has 4 rings (SSSR count). The van der Waals surface area contributed by atoms with Gasteiger partial charge in [0.1, 0.15) is 6.61 Å². The third-order valence-electron chi connectivity index (χ3n) is 4.46. The molecule has 1 aromatic heterocycles. The van der Waals surface area contributed by atoms with Crippen LogP contribution in [0.3, 0.4) is 0 Å². The minimum Gasteiger partial charge on any atom is -0.493 e. The van der Waals surface area contributed by atoms with Gasteiger partial charge in [-0.25, -0.2) is 0 Å². The topological polar surface area (TPSA) is 72.7 Å². The van der Waals surface area contributed by atoms with Gasteiger partial charge in [0.05, 0.1) is 18.7 Å². The molecule has 25 heavy (non-hydrogen) atoms. The van der Waals surface area contributed by atoms with E-state index < -0.39 is 0 Å². The van der Waals surface area contributed by atoms with Crippen molar-refractivity contribution in [2.24, 2.45) is 0 Å². The molecule has 3 heterocycles. The minimum atomic E-state index is 0. The third kappa shape index (κ3) is 3.35. The van der Waals surface area contributed by atoms with Gasteiger partial charge in [-0.05, 0) is 19.2 Å². The molecule has 2 aliphatic heterocycles. The maximum atomic E-state index is 5.84. The van der Waals surface area contributed by atoms with E-state index in [-0.39, 0.29) is 18.4 Å². The number of rotatable bonds is 3. The Balaban J connectivity index is 0.00000182. The van der Waals surface area contributed by atoms with E-state index in [1.165, 1.54) is 0 Å². The number of benzene rings is 1. The average Bonchev–Trinajstić information content (AvgIpc) is 3.11. The van der Waals surface area contributed by atoms with Gasteiger partial charge >= 0.3 is 0 Å². The van der Waals surface area contributed by atoms with E-state index in [0.717, 1.165) is 42.3 Å². The number of para-hydroxylation sites is 1. The SMILES string of the molecule is COc1cccc2c1OCC(c1nc(C3CNCCN3C)no1)=C2.Cl. The zero-order valence-electron chi connectivity index (χ0n) is 14.2. The summed E-state index contributed by atoms with van der Waals surface area (Å²) in [5.74, 6) is 2.69. The Bertz CT molecular complexity index is 777. The molecule has 1 aromatic carbocycles. The maximum absolute atomic E-state index is 5.84. The number of hydrogen-bond donors (Lipinski definition) is 1. The molecular weight excluding hydrogens is 344 g/mol. The quantitative estimate of drug-likeness (QED) is 0.893. The Morgan fingerprint density at radius 2 is 2.24 bits per heavy atom. The monoisotopic (exact) mass is 364 g/mol. The van der Waals surface area contributed by atoms with Gasteiger partial charge in [0, 0.05) is 25.2 Å². The lowest BCUT2D eigenvalue weighted by Crippen LogP contribution is -2.44. The molecular formula is C17H21ClN4O3. The first-order valence-corrected chi connectivity index (χ1v) is 8.01. The molecule has 0 aliphatic carbocycles. The van der Waals surface area contributed by atoms with Gasteiger partial charge in [-0.2, -0.15) is 4.98 Å². The van der Waals surface area contributed by atoms with E-state index in [2.05, 4.69) is 27.4 Å². The van der Waals surface area contributed by atoms with Crippen molar-refractivity contribution in [3.05, 3.63) is 35.5 Å². The highest BCUT2D eigenvalue weighted by Crippen LogP contribution is 2.37. The molecule has 1 unspecified atom stereocenters. The number of piperazine rings is 1. The van der Waals surface area contributed by atoms with Crippen molar-refractivity contribution in [3.8, 4) is 11.5 Å². The summed E-state index contributed by atoms with van der Waals surface area (Å²) in [7, 11) is 3.71. The number of nitrogens with zero attached hydrogens (tertiary/aromatic N) is 3. The second-order valence-electron chi connectivity index (χ2n) is 6.00. The third-order valence-corrected chi connectivity index (χ3v) is 4.46. The van der Waals surface area contributed by atoms with Gasteiger partial charge in [0.25, 0.3) is 5.89 Å². The van der Waals surface area contributed by atoms with Crippen molar-refractivity contribution in [2.45, 2.75) is 6.04 Å². The van der Waals surface area contributed by atoms with E-state index in [0.29, 0.717) is 18.3 Å². The fourth-order valence-corrected chi connectivity index (χ4v) is 3.06. The molecule has 2 aromatic rings. The number of nitrogens with one attached hydrogen (secondary N) is 1. The van der Waals surface area contributed by atoms with Crippen LogP contribution in [-0.2, 0) is 0 Å². The van der Waals surface area contributed by atoms with E-state index in [9.17, 15) is 0 Å². The number of fused-ring (bicyclic) bond motifs is 1. The van der Waals surface area contributed by atoms with Crippen LogP contribution in [0.15, 0.2) is 22.7 Å². The van der Waals surface area contributed by atoms with Crippen molar-refractivity contribution in [2.75, 3.05) is 40.4 Å². The Morgan fingerprint density at radius 3 is 3.04 bits per heavy atom. The summed E-state index contributed by atoms with van der Waals surface area (Å²) in [5, 5.41) is 7.53. The van der Waals surface area contributed by atoms with Crippen LogP contribution in [0, 0.1) is 0 Å². The van der Waals surface area contributed by atoms with Crippen LogP contribution in [-0.4, -0.2) is 55.4 Å². The lowest BCUT2D eigenvalue weighted by molar-refractivity contribution is 0.190. The summed E-state index contributed by atoms with van der Waals surface area (Å²) in [4.78, 5) is 6.82. The molecule has 1 atom stereocenters. The molecule has 1 N–H and O–H groups in total. The van der Waals surface area contributed by atoms with E-state index >= 15 is 0 Å². The highest BCUT2D eigenvalue weighted by molar-refractivity contribution is 5.85. The molecule has 0 bridgehead atoms. The molecule has 7 nitrogen and oxygen atoms in total. The van der Waals surface area contributed by atoms with Crippen LogP contribution >= 0.6 is 12.4 Å². The van der Waals surface area contributed by atoms with Crippen LogP contribution in [0.5, 0.6) is 11.5 Å². The summed E-state index contributed by atoms with van der Waals surface area (Å²) in [6.07, 6.45) is 2.02. The van der Waals surface area contributed by atoms with Gasteiger partial charge in [-0.3, -0.25) is 4.90 Å². The number of aromatic nitrogens is 2. The molecule has 0 saturated carbocycles. The number of halogens is 1. The van der Waals surface area contributed by atoms with Gasteiger partial charge in [0.15, 0.2) is 17.3 Å². The number of methoxy groups -OCH3 is 1. The smallest absolute Gasteiger partial charge is 0.257 e. The van der Waals surface area contributed by atoms with Crippen LogP contribution in [0.25, 0.3) is 11.6 Å². The second kappa shape index (κ2) is 7.43. The zero-order valence-corrected chi connectivity index (χ0v) is 15.0. The van der Waals surface area contributed by atoms with Crippen molar-refractivity contribution in [1.82, 2.24) is 20.4 Å². The first-order chi connectivity index (χ1) is 11.8. The van der Waals surface area contributed by atoms with E-state index in [1.807, 2.05) is 24.3 Å². The average molecular weight is 365 g/mol. The summed E-state index contributed by atoms with van der Waals surface area (Å²) in [5.41, 5.74) is 1.83. The predicted molar refractivity (Wildman–Crippen MR) is 96.1 cm³/mol. The van der Waals surface area contributed by atoms with Crippen molar-refractivity contribution in [3.63, 3.8) is 0 Å². The lowest BCUT2D eigenvalue weighted by Gasteiger charge is -2.30. The Hall–Kier alpha value is -2.09. The summed E-state index contributed by atoms with van der Waals surface area (Å²) >= 11 is 0. The van der Waals surface area contributed by atoms with Gasteiger partial charge in [0.2, 0.25) is 0 Å². The Morgan fingerprint density at radius 1 is 1.36 bits per heavy atom. The van der Waals surface area contributed by atoms with Crippen molar-refractivity contribution < 1.29 is 14.0 Å². The molecule has 134 valence electrons. The molecule has 8 heteroatoms. The molecule has 1 fully saturated rings. The number of likely N-dealkylation sites (N-methyl/N-ethyl adjacent to an activating group) is 1. The van der Waals surface area contributed by atoms with Crippen molar-refractivity contribution in [1.29, 1.82) is 0 Å². The molecule has 0 amide bonds. The van der Waals surface area contributed by atoms with Crippen LogP contribution in [0.4, 0.5) is 0 Å². The normalized spacial score (nSPS) is 20.1. The lowest BCUT2D eigenvalue weighted by atomic mass is 10.1. The zero-order chi connectivity index (χ0) is 16.5. The van der Waals surface area contributed by atoms with E-state index in [1.54, 1.807) is 7.11 Å². The molecule has 0 radical (unpaired) electrons. The minimum absolute atomic E-state index is 0. The first kappa shape index (κ1) is 17.7. The van der Waals surface area contributed by atoms with E-state index in [4.69, 9.17) is 14.0 Å². The Labute approximate surface area is 152 Å². The van der Waals surface area contributed by atoms with Crippen LogP contribution in [0.1, 0.15) is 23.3 Å². The first-order valence-electron chi connectivity index (χ1n) is 8.01. The van der Waals surface area contributed by atoms with Gasteiger partial charge < -0.3 is 19.3 Å². The standard InChI is InChI=1S/C17H20N4O3.ClH/c1-21-7-6-18-9-13(21)16-19-17(24-20-16)12-8-11-4-3-5-14(22-2)15(11)23-10-12;/h3-5,8,13,18H,6-7,9-10H2,1-2H3;1H.